The predicted octanol–water partition coefficient (Wildman–Crippen LogP) is 2.46. The van der Waals surface area contributed by atoms with Crippen molar-refractivity contribution in [3.8, 4) is 0 Å². The molecule has 0 unspecified atom stereocenters. The Bertz CT molecular complexity index is 321. The molecule has 1 fully saturated rings. The van der Waals surface area contributed by atoms with E-state index in [1.165, 1.54) is 0 Å². The van der Waals surface area contributed by atoms with Gasteiger partial charge in [-0.2, -0.15) is 5.10 Å². The number of hydrogen-bond acceptors (Lipinski definition) is 4. The van der Waals surface area contributed by atoms with Gasteiger partial charge in [-0.3, -0.25) is 5.01 Å². The van der Waals surface area contributed by atoms with Crippen LogP contribution >= 0.6 is 0 Å². The van der Waals surface area contributed by atoms with Crippen LogP contribution in [0.3, 0.4) is 0 Å². The van der Waals surface area contributed by atoms with Gasteiger partial charge in [0, 0.05) is 19.5 Å². The van der Waals surface area contributed by atoms with E-state index in [1.807, 2.05) is 54.8 Å². The first-order chi connectivity index (χ1) is 7.69. The molecule has 1 aliphatic rings. The normalized spacial score (nSPS) is 23.5. The van der Waals surface area contributed by atoms with Crippen LogP contribution in [0, 0.1) is 0 Å². The van der Waals surface area contributed by atoms with Crippen molar-refractivity contribution < 1.29 is 9.31 Å². The molecule has 0 bridgehead atoms. The van der Waals surface area contributed by atoms with Crippen LogP contribution in [-0.4, -0.2) is 36.6 Å². The van der Waals surface area contributed by atoms with Crippen LogP contribution in [0.25, 0.3) is 0 Å². The summed E-state index contributed by atoms with van der Waals surface area (Å²) < 4.78 is 11.9. The van der Waals surface area contributed by atoms with Gasteiger partial charge >= 0.3 is 7.12 Å². The quantitative estimate of drug-likeness (QED) is 0.430. The van der Waals surface area contributed by atoms with E-state index >= 15 is 0 Å². The Labute approximate surface area is 105 Å². The van der Waals surface area contributed by atoms with Crippen molar-refractivity contribution in [2.75, 3.05) is 7.05 Å². The van der Waals surface area contributed by atoms with Gasteiger partial charge in [0.1, 0.15) is 0 Å². The molecule has 0 aliphatic carbocycles. The predicted molar refractivity (Wildman–Crippen MR) is 71.8 cm³/mol. The van der Waals surface area contributed by atoms with Gasteiger partial charge in [0.25, 0.3) is 0 Å². The van der Waals surface area contributed by atoms with Crippen molar-refractivity contribution in [2.45, 2.75) is 52.7 Å². The van der Waals surface area contributed by atoms with Gasteiger partial charge in [0.15, 0.2) is 0 Å². The fourth-order valence-electron chi connectivity index (χ4n) is 1.60. The second-order valence-electron chi connectivity index (χ2n) is 5.41. The van der Waals surface area contributed by atoms with Crippen LogP contribution in [0.15, 0.2) is 16.8 Å². The van der Waals surface area contributed by atoms with E-state index in [2.05, 4.69) is 5.10 Å². The summed E-state index contributed by atoms with van der Waals surface area (Å²) in [6, 6.07) is 0. The molecule has 0 amide bonds. The van der Waals surface area contributed by atoms with Crippen LogP contribution < -0.4 is 0 Å². The van der Waals surface area contributed by atoms with Crippen LogP contribution in [0.4, 0.5) is 0 Å². The summed E-state index contributed by atoms with van der Waals surface area (Å²) >= 11 is 0. The molecule has 0 atom stereocenters. The van der Waals surface area contributed by atoms with Crippen molar-refractivity contribution in [2.24, 2.45) is 5.10 Å². The van der Waals surface area contributed by atoms with E-state index in [4.69, 9.17) is 9.31 Å². The number of allylic oxidation sites excluding steroid dienone is 1. The first-order valence-electron chi connectivity index (χ1n) is 5.95. The molecule has 1 heterocycles. The number of nitrogens with zero attached hydrogens (tertiary/aromatic N) is 2. The van der Waals surface area contributed by atoms with Crippen molar-refractivity contribution in [1.82, 2.24) is 5.01 Å². The largest absolute Gasteiger partial charge is 0.491 e. The van der Waals surface area contributed by atoms with Crippen molar-refractivity contribution in [1.29, 1.82) is 0 Å². The fraction of sp³-hybridized carbons (Fsp3) is 0.750. The summed E-state index contributed by atoms with van der Waals surface area (Å²) in [5, 5.41) is 5.88. The maximum Gasteiger partial charge on any atom is 0.491 e. The molecule has 0 aromatic carbocycles. The lowest BCUT2D eigenvalue weighted by Crippen LogP contribution is -2.41. The third-order valence-corrected chi connectivity index (χ3v) is 3.31. The molecule has 0 aromatic heterocycles. The van der Waals surface area contributed by atoms with E-state index in [1.54, 1.807) is 11.2 Å². The minimum Gasteiger partial charge on any atom is -0.400 e. The van der Waals surface area contributed by atoms with Crippen LogP contribution in [0.2, 0.25) is 0 Å². The van der Waals surface area contributed by atoms with Crippen molar-refractivity contribution >= 4 is 13.3 Å². The lowest BCUT2D eigenvalue weighted by atomic mass is 9.80. The molecule has 1 rings (SSSR count). The Hall–Kier alpha value is -0.805. The fourth-order valence-corrected chi connectivity index (χ4v) is 1.60. The molecule has 0 spiro atoms. The standard InChI is InChI=1S/C12H23BN2O2/c1-8-14-15(7)9-10(2)13-16-11(3,4)12(5,6)17-13/h8-9H,1-7H3/b10-9?,14-8-. The molecule has 1 aliphatic heterocycles. The Kier molecular flexibility index (Phi) is 4.04. The van der Waals surface area contributed by atoms with E-state index in [9.17, 15) is 0 Å². The average molecular weight is 238 g/mol. The summed E-state index contributed by atoms with van der Waals surface area (Å²) in [4.78, 5) is 0. The van der Waals surface area contributed by atoms with Gasteiger partial charge in [-0.25, -0.2) is 0 Å². The molecule has 5 heteroatoms. The molecule has 96 valence electrons. The maximum atomic E-state index is 5.94. The summed E-state index contributed by atoms with van der Waals surface area (Å²) in [6.45, 7) is 12.1. The average Bonchev–Trinajstić information content (AvgIpc) is 2.36. The third-order valence-electron chi connectivity index (χ3n) is 3.31. The zero-order chi connectivity index (χ0) is 13.3. The number of rotatable bonds is 3. The minimum absolute atomic E-state index is 0.292. The first kappa shape index (κ1) is 14.3. The van der Waals surface area contributed by atoms with Crippen LogP contribution in [-0.2, 0) is 9.31 Å². The zero-order valence-corrected chi connectivity index (χ0v) is 11.9. The topological polar surface area (TPSA) is 34.1 Å². The third kappa shape index (κ3) is 3.10. The Morgan fingerprint density at radius 3 is 2.06 bits per heavy atom. The monoisotopic (exact) mass is 238 g/mol. The van der Waals surface area contributed by atoms with Gasteiger partial charge in [-0.05, 0) is 47.0 Å². The molecule has 0 saturated carbocycles. The molecule has 0 aromatic rings. The first-order valence-corrected chi connectivity index (χ1v) is 5.95. The van der Waals surface area contributed by atoms with Crippen molar-refractivity contribution in [3.05, 3.63) is 11.7 Å². The SMILES string of the molecule is C/C=N\N(C)C=C(C)B1OC(C)(C)C(C)(C)O1. The highest BCUT2D eigenvalue weighted by Crippen LogP contribution is 2.38. The van der Waals surface area contributed by atoms with Crippen LogP contribution in [0.5, 0.6) is 0 Å². The summed E-state index contributed by atoms with van der Waals surface area (Å²) in [7, 11) is 1.59. The van der Waals surface area contributed by atoms with Gasteiger partial charge in [0.05, 0.1) is 11.2 Å². The van der Waals surface area contributed by atoms with E-state index < -0.39 is 0 Å². The highest BCUT2D eigenvalue weighted by Gasteiger charge is 2.51. The smallest absolute Gasteiger partial charge is 0.400 e. The van der Waals surface area contributed by atoms with E-state index in [0.717, 1.165) is 5.47 Å². The highest BCUT2D eigenvalue weighted by atomic mass is 16.7. The molecular formula is C12H23BN2O2. The summed E-state index contributed by atoms with van der Waals surface area (Å²) in [6.07, 6.45) is 3.66. The van der Waals surface area contributed by atoms with Crippen LogP contribution in [0.1, 0.15) is 41.5 Å². The molecular weight excluding hydrogens is 215 g/mol. The summed E-state index contributed by atoms with van der Waals surface area (Å²) in [5.41, 5.74) is 0.426. The van der Waals surface area contributed by atoms with Gasteiger partial charge < -0.3 is 9.31 Å². The summed E-state index contributed by atoms with van der Waals surface area (Å²) in [5.74, 6) is 0. The van der Waals surface area contributed by atoms with Gasteiger partial charge in [-0.15, -0.1) is 0 Å². The maximum absolute atomic E-state index is 5.94. The highest BCUT2D eigenvalue weighted by molar-refractivity contribution is 6.54. The Morgan fingerprint density at radius 2 is 1.65 bits per heavy atom. The molecule has 4 nitrogen and oxygen atoms in total. The number of hydrazone groups is 1. The van der Waals surface area contributed by atoms with Gasteiger partial charge in [0.2, 0.25) is 0 Å². The van der Waals surface area contributed by atoms with E-state index in [-0.39, 0.29) is 18.3 Å². The minimum atomic E-state index is -0.297. The van der Waals surface area contributed by atoms with Crippen molar-refractivity contribution in [3.63, 3.8) is 0 Å². The molecule has 0 N–H and O–H groups in total. The van der Waals surface area contributed by atoms with E-state index in [0.29, 0.717) is 0 Å². The lowest BCUT2D eigenvalue weighted by Gasteiger charge is -2.32. The molecule has 1 saturated heterocycles. The second-order valence-corrected chi connectivity index (χ2v) is 5.41. The van der Waals surface area contributed by atoms with Gasteiger partial charge in [-0.1, -0.05) is 0 Å². The number of hydrogen-bond donors (Lipinski definition) is 0. The molecule has 0 radical (unpaired) electrons. The lowest BCUT2D eigenvalue weighted by molar-refractivity contribution is 0.00578. The zero-order valence-electron chi connectivity index (χ0n) is 11.9. The Balaban J connectivity index is 2.78. The Morgan fingerprint density at radius 1 is 1.18 bits per heavy atom. The molecule has 17 heavy (non-hydrogen) atoms. The second kappa shape index (κ2) is 4.82.